The van der Waals surface area contributed by atoms with Crippen molar-refractivity contribution < 1.29 is 0 Å². The van der Waals surface area contributed by atoms with E-state index in [9.17, 15) is 0 Å². The number of fused-ring (bicyclic) bond motifs is 9. The van der Waals surface area contributed by atoms with Crippen molar-refractivity contribution >= 4 is 60.4 Å². The zero-order chi connectivity index (χ0) is 44.6. The van der Waals surface area contributed by atoms with Crippen LogP contribution in [-0.4, -0.2) is 4.57 Å². The van der Waals surface area contributed by atoms with Crippen LogP contribution in [0, 0.1) is 0 Å². The summed E-state index contributed by atoms with van der Waals surface area (Å²) < 4.78 is 2.40. The summed E-state index contributed by atoms with van der Waals surface area (Å²) in [5.74, 6) is 0. The highest BCUT2D eigenvalue weighted by Gasteiger charge is 2.37. The first-order valence-corrected chi connectivity index (χ1v) is 23.3. The number of hydrogen-bond acceptors (Lipinski definition) is 1. The fraction of sp³-hybridized carbons (Fsp3) is 0.0462. The van der Waals surface area contributed by atoms with Crippen molar-refractivity contribution in [3.05, 3.63) is 254 Å². The van der Waals surface area contributed by atoms with Gasteiger partial charge in [0.15, 0.2) is 0 Å². The Balaban J connectivity index is 0.961. The number of aromatic nitrogens is 1. The summed E-state index contributed by atoms with van der Waals surface area (Å²) in [4.78, 5) is 2.42. The first-order chi connectivity index (χ1) is 33.0. The van der Waals surface area contributed by atoms with Crippen LogP contribution in [0.25, 0.3) is 93.5 Å². The third kappa shape index (κ3) is 6.25. The summed E-state index contributed by atoms with van der Waals surface area (Å²) in [6.45, 7) is 4.74. The van der Waals surface area contributed by atoms with E-state index >= 15 is 0 Å². The maximum Gasteiger partial charge on any atom is 0.0547 e. The largest absolute Gasteiger partial charge is 0.310 e. The van der Waals surface area contributed by atoms with E-state index in [2.05, 4.69) is 266 Å². The van der Waals surface area contributed by atoms with E-state index < -0.39 is 0 Å². The molecule has 0 N–H and O–H groups in total. The minimum atomic E-state index is -0.111. The van der Waals surface area contributed by atoms with Gasteiger partial charge in [-0.2, -0.15) is 0 Å². The predicted octanol–water partition coefficient (Wildman–Crippen LogP) is 17.9. The lowest BCUT2D eigenvalue weighted by atomic mass is 9.79. The lowest BCUT2D eigenvalue weighted by Gasteiger charge is -2.27. The molecule has 1 aliphatic carbocycles. The second kappa shape index (κ2) is 15.3. The molecule has 0 spiro atoms. The van der Waals surface area contributed by atoms with Crippen LogP contribution in [0.5, 0.6) is 0 Å². The highest BCUT2D eigenvalue weighted by molar-refractivity contribution is 6.12. The molecule has 0 saturated heterocycles. The minimum Gasteiger partial charge on any atom is -0.310 e. The van der Waals surface area contributed by atoms with Crippen molar-refractivity contribution in [3.63, 3.8) is 0 Å². The molecule has 11 aromatic carbocycles. The topological polar surface area (TPSA) is 8.17 Å². The normalized spacial score (nSPS) is 12.7. The standard InChI is InChI=1S/C65H46N2/c1-65(2)61-30-10-8-24-57(61)60-29-15-27-54(64(60)65)44-32-36-49(37-33-44)66(51-22-13-18-47(41-51)53-26-14-28-55-52-23-7-6-16-43(52)34-38-56(53)55)50-21-12-17-45(40-50)46-35-39-59-58-25-9-11-31-62(58)67(63(59)42-46)48-19-4-3-5-20-48/h3-42H,1-2H3. The van der Waals surface area contributed by atoms with E-state index in [4.69, 9.17) is 0 Å². The average Bonchev–Trinajstić information content (AvgIpc) is 3.84. The molecule has 12 aromatic rings. The number of anilines is 3. The molecule has 0 saturated carbocycles. The first-order valence-electron chi connectivity index (χ1n) is 23.3. The number of para-hydroxylation sites is 2. The fourth-order valence-corrected chi connectivity index (χ4v) is 11.3. The van der Waals surface area contributed by atoms with Crippen LogP contribution in [0.15, 0.2) is 243 Å². The van der Waals surface area contributed by atoms with Crippen LogP contribution in [0.4, 0.5) is 17.1 Å². The van der Waals surface area contributed by atoms with Crippen LogP contribution in [0.3, 0.4) is 0 Å². The van der Waals surface area contributed by atoms with Gasteiger partial charge in [-0.15, -0.1) is 0 Å². The van der Waals surface area contributed by atoms with Crippen LogP contribution >= 0.6 is 0 Å². The third-order valence-corrected chi connectivity index (χ3v) is 14.3. The highest BCUT2D eigenvalue weighted by Crippen LogP contribution is 2.52. The number of rotatable bonds is 7. The molecule has 0 radical (unpaired) electrons. The molecule has 0 fully saturated rings. The monoisotopic (exact) mass is 854 g/mol. The van der Waals surface area contributed by atoms with Crippen molar-refractivity contribution in [2.75, 3.05) is 4.90 Å². The Morgan fingerprint density at radius 1 is 0.328 bits per heavy atom. The quantitative estimate of drug-likeness (QED) is 0.145. The van der Waals surface area contributed by atoms with Gasteiger partial charge in [0.2, 0.25) is 0 Å². The molecule has 1 aliphatic rings. The molecule has 1 heterocycles. The number of nitrogens with zero attached hydrogens (tertiary/aromatic N) is 2. The Morgan fingerprint density at radius 3 is 1.76 bits per heavy atom. The van der Waals surface area contributed by atoms with Gasteiger partial charge in [-0.05, 0) is 138 Å². The first kappa shape index (κ1) is 39.0. The summed E-state index contributed by atoms with van der Waals surface area (Å²) in [5, 5.41) is 7.54. The molecule has 13 rings (SSSR count). The molecule has 2 heteroatoms. The molecule has 0 unspecified atom stereocenters. The van der Waals surface area contributed by atoms with Crippen molar-refractivity contribution in [3.8, 4) is 50.2 Å². The van der Waals surface area contributed by atoms with E-state index in [1.54, 1.807) is 0 Å². The number of benzene rings is 11. The van der Waals surface area contributed by atoms with Gasteiger partial charge >= 0.3 is 0 Å². The van der Waals surface area contributed by atoms with Crippen LogP contribution in [0.2, 0.25) is 0 Å². The molecule has 2 nitrogen and oxygen atoms in total. The Hall–Kier alpha value is -8.46. The molecular weight excluding hydrogens is 809 g/mol. The van der Waals surface area contributed by atoms with Gasteiger partial charge in [0, 0.05) is 38.9 Å². The van der Waals surface area contributed by atoms with Gasteiger partial charge in [-0.25, -0.2) is 0 Å². The summed E-state index contributed by atoms with van der Waals surface area (Å²) in [7, 11) is 0. The SMILES string of the molecule is CC1(C)c2ccccc2-c2cccc(-c3ccc(N(c4cccc(-c5ccc6c7ccccc7n(-c7ccccc7)c6c5)c4)c4cccc(-c5cccc6c5ccc5ccccc56)c4)cc3)c21. The molecular formula is C65H46N2. The second-order valence-corrected chi connectivity index (χ2v) is 18.5. The van der Waals surface area contributed by atoms with Crippen molar-refractivity contribution in [1.82, 2.24) is 4.57 Å². The Morgan fingerprint density at radius 2 is 0.910 bits per heavy atom. The van der Waals surface area contributed by atoms with Gasteiger partial charge < -0.3 is 9.47 Å². The smallest absolute Gasteiger partial charge is 0.0547 e. The Kier molecular flexibility index (Phi) is 8.91. The molecule has 67 heavy (non-hydrogen) atoms. The van der Waals surface area contributed by atoms with Crippen LogP contribution in [0.1, 0.15) is 25.0 Å². The van der Waals surface area contributed by atoms with Crippen molar-refractivity contribution in [2.45, 2.75) is 19.3 Å². The van der Waals surface area contributed by atoms with Gasteiger partial charge in [0.1, 0.15) is 0 Å². The van der Waals surface area contributed by atoms with Crippen LogP contribution in [-0.2, 0) is 5.41 Å². The highest BCUT2D eigenvalue weighted by atomic mass is 15.1. The zero-order valence-electron chi connectivity index (χ0n) is 37.5. The Bertz CT molecular complexity index is 3890. The van der Waals surface area contributed by atoms with Gasteiger partial charge in [0.25, 0.3) is 0 Å². The molecule has 0 atom stereocenters. The van der Waals surface area contributed by atoms with Gasteiger partial charge in [-0.1, -0.05) is 196 Å². The molecule has 316 valence electrons. The maximum atomic E-state index is 2.42. The van der Waals surface area contributed by atoms with E-state index in [0.29, 0.717) is 0 Å². The summed E-state index contributed by atoms with van der Waals surface area (Å²) >= 11 is 0. The van der Waals surface area contributed by atoms with Crippen LogP contribution < -0.4 is 4.90 Å². The summed E-state index contributed by atoms with van der Waals surface area (Å²) in [5.41, 5.74) is 19.4. The third-order valence-electron chi connectivity index (χ3n) is 14.3. The lowest BCUT2D eigenvalue weighted by Crippen LogP contribution is -2.16. The van der Waals surface area contributed by atoms with Crippen molar-refractivity contribution in [2.24, 2.45) is 0 Å². The van der Waals surface area contributed by atoms with E-state index in [1.165, 1.54) is 93.4 Å². The van der Waals surface area contributed by atoms with E-state index in [-0.39, 0.29) is 5.41 Å². The average molecular weight is 855 g/mol. The van der Waals surface area contributed by atoms with Gasteiger partial charge in [0.05, 0.1) is 11.0 Å². The molecule has 1 aromatic heterocycles. The molecule has 0 bridgehead atoms. The Labute approximate surface area is 391 Å². The summed E-state index contributed by atoms with van der Waals surface area (Å²) in [6, 6.07) is 89.4. The van der Waals surface area contributed by atoms with Gasteiger partial charge in [-0.3, -0.25) is 0 Å². The van der Waals surface area contributed by atoms with E-state index in [0.717, 1.165) is 28.3 Å². The molecule has 0 amide bonds. The predicted molar refractivity (Wildman–Crippen MR) is 284 cm³/mol. The second-order valence-electron chi connectivity index (χ2n) is 18.5. The zero-order valence-corrected chi connectivity index (χ0v) is 37.5. The maximum absolute atomic E-state index is 2.42. The lowest BCUT2D eigenvalue weighted by molar-refractivity contribution is 0.662. The number of hydrogen-bond donors (Lipinski definition) is 0. The van der Waals surface area contributed by atoms with Crippen molar-refractivity contribution in [1.29, 1.82) is 0 Å². The summed E-state index contributed by atoms with van der Waals surface area (Å²) in [6.07, 6.45) is 0. The molecule has 0 aliphatic heterocycles. The fourth-order valence-electron chi connectivity index (χ4n) is 11.3. The van der Waals surface area contributed by atoms with E-state index in [1.807, 2.05) is 0 Å². The minimum absolute atomic E-state index is 0.111.